The van der Waals surface area contributed by atoms with E-state index < -0.39 is 9.84 Å². The number of amides is 1. The molecule has 0 unspecified atom stereocenters. The van der Waals surface area contributed by atoms with Gasteiger partial charge in [0.05, 0.1) is 35.6 Å². The first-order valence-corrected chi connectivity index (χ1v) is 14.1. The van der Waals surface area contributed by atoms with Gasteiger partial charge in [0.25, 0.3) is 5.91 Å². The summed E-state index contributed by atoms with van der Waals surface area (Å²) in [6.07, 6.45) is 6.97. The number of hydrogen-bond acceptors (Lipinski definition) is 8. The number of pyridine rings is 1. The van der Waals surface area contributed by atoms with Gasteiger partial charge < -0.3 is 19.9 Å². The first-order valence-electron chi connectivity index (χ1n) is 12.5. The molecular formula is C24H34N6O4S. The molecule has 0 atom stereocenters. The summed E-state index contributed by atoms with van der Waals surface area (Å²) in [6.45, 7) is 3.38. The Morgan fingerprint density at radius 3 is 2.66 bits per heavy atom. The Balaban J connectivity index is 1.59. The molecule has 1 amide bonds. The maximum Gasteiger partial charge on any atom is 0.274 e. The van der Waals surface area contributed by atoms with Crippen LogP contribution < -0.4 is 5.32 Å². The van der Waals surface area contributed by atoms with Crippen LogP contribution in [0.25, 0.3) is 11.3 Å². The Hall–Kier alpha value is -2.50. The minimum atomic E-state index is -3.66. The van der Waals surface area contributed by atoms with Crippen molar-refractivity contribution in [3.63, 3.8) is 0 Å². The highest BCUT2D eigenvalue weighted by atomic mass is 32.2. The zero-order chi connectivity index (χ0) is 24.6. The van der Waals surface area contributed by atoms with Gasteiger partial charge in [-0.1, -0.05) is 19.3 Å². The Kier molecular flexibility index (Phi) is 6.82. The standard InChI is InChI=1S/C24H34N6O4S/c1-28(2)9-8-25-21-14-20-18(15-26-21)23-19(16-35(20,32)33)22(24(31)29-10-12-34-13-11-29)27-30(23)17-6-4-3-5-7-17/h14-15,17H,3-13,16H2,1-2H3,(H,25,26). The molecule has 1 N–H and O–H groups in total. The van der Waals surface area contributed by atoms with Crippen molar-refractivity contribution in [2.75, 3.05) is 58.8 Å². The quantitative estimate of drug-likeness (QED) is 0.640. The number of nitrogens with zero attached hydrogens (tertiary/aromatic N) is 5. The first kappa shape index (κ1) is 24.2. The number of carbonyl (C=O) groups excluding carboxylic acids is 1. The molecule has 5 rings (SSSR count). The molecule has 10 nitrogen and oxygen atoms in total. The SMILES string of the molecule is CN(C)CCNc1cc2c(cn1)-c1c(c(C(=O)N3CCOCC3)nn1C1CCCCC1)CS2(=O)=O. The van der Waals surface area contributed by atoms with Gasteiger partial charge in [-0.15, -0.1) is 0 Å². The zero-order valence-electron chi connectivity index (χ0n) is 20.5. The molecule has 0 radical (unpaired) electrons. The van der Waals surface area contributed by atoms with Crippen LogP contribution in [0, 0.1) is 0 Å². The molecular weight excluding hydrogens is 468 g/mol. The van der Waals surface area contributed by atoms with Gasteiger partial charge in [-0.25, -0.2) is 13.4 Å². The Morgan fingerprint density at radius 2 is 1.94 bits per heavy atom. The topological polar surface area (TPSA) is 110 Å². The molecule has 1 aliphatic carbocycles. The van der Waals surface area contributed by atoms with E-state index in [0.717, 1.165) is 37.9 Å². The van der Waals surface area contributed by atoms with Crippen molar-refractivity contribution in [3.8, 4) is 11.3 Å². The van der Waals surface area contributed by atoms with Crippen molar-refractivity contribution in [1.82, 2.24) is 24.6 Å². The van der Waals surface area contributed by atoms with Crippen molar-refractivity contribution in [3.05, 3.63) is 23.5 Å². The number of hydrogen-bond donors (Lipinski definition) is 1. The minimum absolute atomic E-state index is 0.148. The Bertz CT molecular complexity index is 1200. The lowest BCUT2D eigenvalue weighted by Gasteiger charge is -2.27. The lowest BCUT2D eigenvalue weighted by molar-refractivity contribution is 0.0297. The molecule has 4 heterocycles. The molecule has 1 saturated carbocycles. The van der Waals surface area contributed by atoms with Crippen LogP contribution in [0.3, 0.4) is 0 Å². The highest BCUT2D eigenvalue weighted by Gasteiger charge is 2.39. The van der Waals surface area contributed by atoms with Crippen molar-refractivity contribution in [2.24, 2.45) is 0 Å². The van der Waals surface area contributed by atoms with E-state index >= 15 is 0 Å². The Morgan fingerprint density at radius 1 is 1.20 bits per heavy atom. The second-order valence-corrected chi connectivity index (χ2v) is 11.8. The monoisotopic (exact) mass is 502 g/mol. The predicted molar refractivity (Wildman–Crippen MR) is 132 cm³/mol. The summed E-state index contributed by atoms with van der Waals surface area (Å²) in [6, 6.07) is 1.78. The summed E-state index contributed by atoms with van der Waals surface area (Å²) in [4.78, 5) is 22.0. The summed E-state index contributed by atoms with van der Waals surface area (Å²) in [5.41, 5.74) is 2.05. The van der Waals surface area contributed by atoms with Gasteiger partial charge in [0.2, 0.25) is 0 Å². The summed E-state index contributed by atoms with van der Waals surface area (Å²) in [5, 5.41) is 8.04. The molecule has 0 bridgehead atoms. The maximum absolute atomic E-state index is 13.5. The van der Waals surface area contributed by atoms with Crippen LogP contribution in [-0.4, -0.2) is 92.4 Å². The van der Waals surface area contributed by atoms with E-state index in [1.165, 1.54) is 6.42 Å². The second-order valence-electron chi connectivity index (χ2n) is 9.87. The van der Waals surface area contributed by atoms with E-state index in [9.17, 15) is 13.2 Å². The maximum atomic E-state index is 13.5. The van der Waals surface area contributed by atoms with Crippen LogP contribution in [-0.2, 0) is 20.3 Å². The van der Waals surface area contributed by atoms with Gasteiger partial charge >= 0.3 is 0 Å². The average molecular weight is 503 g/mol. The number of anilines is 1. The van der Waals surface area contributed by atoms with Crippen LogP contribution >= 0.6 is 0 Å². The number of fused-ring (bicyclic) bond motifs is 3. The molecule has 2 aliphatic heterocycles. The van der Waals surface area contributed by atoms with Gasteiger partial charge in [0, 0.05) is 43.5 Å². The molecule has 11 heteroatoms. The summed E-state index contributed by atoms with van der Waals surface area (Å²) in [7, 11) is 0.302. The largest absolute Gasteiger partial charge is 0.378 e. The number of aromatic nitrogens is 3. The third-order valence-electron chi connectivity index (χ3n) is 7.09. The van der Waals surface area contributed by atoms with E-state index in [0.29, 0.717) is 49.8 Å². The molecule has 35 heavy (non-hydrogen) atoms. The van der Waals surface area contributed by atoms with Crippen molar-refractivity contribution in [1.29, 1.82) is 0 Å². The molecule has 0 aromatic carbocycles. The number of carbonyl (C=O) groups is 1. The van der Waals surface area contributed by atoms with Crippen LogP contribution in [0.1, 0.15) is 54.2 Å². The highest BCUT2D eigenvalue weighted by molar-refractivity contribution is 7.91. The molecule has 0 spiro atoms. The summed E-state index contributed by atoms with van der Waals surface area (Å²) in [5.74, 6) is 0.0906. The molecule has 2 aromatic rings. The van der Waals surface area contributed by atoms with Gasteiger partial charge in [-0.05, 0) is 33.0 Å². The summed E-state index contributed by atoms with van der Waals surface area (Å²) < 4.78 is 34.3. The third-order valence-corrected chi connectivity index (χ3v) is 8.76. The predicted octanol–water partition coefficient (Wildman–Crippen LogP) is 2.18. The fourth-order valence-electron chi connectivity index (χ4n) is 5.21. The van der Waals surface area contributed by atoms with Crippen LogP contribution in [0.4, 0.5) is 5.82 Å². The molecule has 1 saturated heterocycles. The fraction of sp³-hybridized carbons (Fsp3) is 0.625. The van der Waals surface area contributed by atoms with Gasteiger partial charge in [-0.3, -0.25) is 9.48 Å². The van der Waals surface area contributed by atoms with Crippen LogP contribution in [0.15, 0.2) is 17.2 Å². The van der Waals surface area contributed by atoms with Crippen LogP contribution in [0.2, 0.25) is 0 Å². The number of nitrogens with one attached hydrogen (secondary N) is 1. The van der Waals surface area contributed by atoms with Gasteiger partial charge in [0.1, 0.15) is 5.82 Å². The van der Waals surface area contributed by atoms with E-state index in [-0.39, 0.29) is 28.3 Å². The second kappa shape index (κ2) is 9.87. The minimum Gasteiger partial charge on any atom is -0.378 e. The highest BCUT2D eigenvalue weighted by Crippen LogP contribution is 2.43. The molecule has 190 valence electrons. The molecule has 2 aromatic heterocycles. The lowest BCUT2D eigenvalue weighted by Crippen LogP contribution is -2.41. The van der Waals surface area contributed by atoms with E-state index in [1.54, 1.807) is 17.2 Å². The Labute approximate surface area is 206 Å². The fourth-order valence-corrected chi connectivity index (χ4v) is 6.80. The number of rotatable bonds is 6. The average Bonchev–Trinajstić information content (AvgIpc) is 3.23. The first-order chi connectivity index (χ1) is 16.8. The van der Waals surface area contributed by atoms with Crippen molar-refractivity contribution < 1.29 is 17.9 Å². The van der Waals surface area contributed by atoms with Crippen molar-refractivity contribution in [2.45, 2.75) is 48.8 Å². The number of morpholine rings is 1. The van der Waals surface area contributed by atoms with Gasteiger partial charge in [-0.2, -0.15) is 5.10 Å². The van der Waals surface area contributed by atoms with E-state index in [4.69, 9.17) is 9.84 Å². The number of likely N-dealkylation sites (N-methyl/N-ethyl adjacent to an activating group) is 1. The number of sulfone groups is 1. The number of ether oxygens (including phenoxy) is 1. The smallest absolute Gasteiger partial charge is 0.274 e. The van der Waals surface area contributed by atoms with Crippen LogP contribution in [0.5, 0.6) is 0 Å². The third kappa shape index (κ3) is 4.81. The summed E-state index contributed by atoms with van der Waals surface area (Å²) >= 11 is 0. The van der Waals surface area contributed by atoms with Crippen molar-refractivity contribution >= 4 is 21.6 Å². The van der Waals surface area contributed by atoms with E-state index in [2.05, 4.69) is 10.3 Å². The lowest BCUT2D eigenvalue weighted by atomic mass is 9.95. The van der Waals surface area contributed by atoms with Gasteiger partial charge in [0.15, 0.2) is 15.5 Å². The zero-order valence-corrected chi connectivity index (χ0v) is 21.3. The van der Waals surface area contributed by atoms with E-state index in [1.807, 2.05) is 23.7 Å². The molecule has 3 aliphatic rings. The normalized spacial score (nSPS) is 19.9. The molecule has 2 fully saturated rings.